The Morgan fingerprint density at radius 1 is 0.482 bits per heavy atom. The number of aromatic nitrogens is 8. The molecule has 0 radical (unpaired) electrons. The average Bonchev–Trinajstić information content (AvgIpc) is 1.71. The molecule has 0 bridgehead atoms. The van der Waals surface area contributed by atoms with E-state index in [1.807, 2.05) is 129 Å². The Kier molecular flexibility index (Phi) is 43.2. The zero-order valence-electron chi connectivity index (χ0n) is 60.6. The van der Waals surface area contributed by atoms with Gasteiger partial charge in [0.25, 0.3) is 10.1 Å². The van der Waals surface area contributed by atoms with E-state index in [-0.39, 0.29) is 102 Å². The smallest absolute Gasteiger partial charge is 1.00 e. The molecule has 0 spiro atoms. The monoisotopic (exact) mass is 1620 g/mol. The van der Waals surface area contributed by atoms with Crippen molar-refractivity contribution in [3.05, 3.63) is 301 Å². The number of benzene rings is 5. The van der Waals surface area contributed by atoms with E-state index in [9.17, 15) is 32.7 Å². The van der Waals surface area contributed by atoms with Gasteiger partial charge in [0.05, 0.1) is 44.5 Å². The van der Waals surface area contributed by atoms with Crippen molar-refractivity contribution in [1.82, 2.24) is 39.9 Å². The normalized spacial score (nSPS) is 10.9. The molecule has 1 aliphatic heterocycles. The molecule has 0 saturated carbocycles. The van der Waals surface area contributed by atoms with E-state index in [1.54, 1.807) is 120 Å². The molecular formula is C83H84Cl3N9NaO10S4+. The van der Waals surface area contributed by atoms with Crippen LogP contribution in [0.3, 0.4) is 0 Å². The first kappa shape index (κ1) is 92.9. The number of carboxylic acid groups (broad SMARTS) is 1. The average molecular weight is 1630 g/mol. The van der Waals surface area contributed by atoms with Crippen LogP contribution < -0.4 is 52.4 Å². The molecule has 0 amide bonds. The number of nitrogens with zero attached hydrogens (tertiary/aromatic N) is 8. The molecular weight excluding hydrogens is 1540 g/mol. The maximum atomic E-state index is 11.9. The molecule has 1 aliphatic rings. The fourth-order valence-corrected chi connectivity index (χ4v) is 12.9. The maximum absolute atomic E-state index is 11.9. The van der Waals surface area contributed by atoms with Gasteiger partial charge in [-0.05, 0) is 159 Å². The van der Waals surface area contributed by atoms with Gasteiger partial charge in [0.15, 0.2) is 11.6 Å². The second-order valence-electron chi connectivity index (χ2n) is 23.0. The fraction of sp³-hybridized carbons (Fsp3) is 0.181. The molecule has 0 aliphatic carbocycles. The number of Topliss-reactive ketones (excluding diaryl/α,β-unsaturated/α-hetero) is 3. The molecule has 5 N–H and O–H groups in total. The summed E-state index contributed by atoms with van der Waals surface area (Å²) in [5, 5.41) is 20.8. The van der Waals surface area contributed by atoms with Crippen LogP contribution in [0, 0.1) is 20.8 Å². The SMILES string of the molecule is C.CCCCOc1ccc(-c2cnc(-c3ccncc3)s2)cc1.Cc1ccc(-c2cnc(-c3ccncc3)s2)cc1.Cc1ccc(C(=O)CCC(=O)c2ccncc2)cc1.Cc1ccc(C(=O)C[NH3+])cc1.ClCCl.O=C(O)c1ccncc1.O=S1(=O)CCCO1.Oc1ccc(-c2cnc(-c3ccncc3)s2)cc1.[Cl-].[Na+]. The molecule has 1 fully saturated rings. The van der Waals surface area contributed by atoms with Gasteiger partial charge < -0.3 is 33.1 Å². The van der Waals surface area contributed by atoms with Gasteiger partial charge in [-0.2, -0.15) is 8.42 Å². The van der Waals surface area contributed by atoms with Gasteiger partial charge in [-0.1, -0.05) is 110 Å². The number of pyridine rings is 5. The van der Waals surface area contributed by atoms with Crippen LogP contribution >= 0.6 is 57.2 Å². The van der Waals surface area contributed by atoms with E-state index in [0.717, 1.165) is 83.4 Å². The molecule has 566 valence electrons. The zero-order chi connectivity index (χ0) is 76.6. The van der Waals surface area contributed by atoms with E-state index in [2.05, 4.69) is 100 Å². The summed E-state index contributed by atoms with van der Waals surface area (Å²) in [7, 11) is -3.05. The maximum Gasteiger partial charge on any atom is 1.00 e. The Morgan fingerprint density at radius 2 is 0.800 bits per heavy atom. The third-order valence-corrected chi connectivity index (χ3v) is 19.6. The predicted octanol–water partition coefficient (Wildman–Crippen LogP) is 13.0. The molecule has 1 saturated heterocycles. The molecule has 0 atom stereocenters. The summed E-state index contributed by atoms with van der Waals surface area (Å²) in [4.78, 5) is 81.4. The van der Waals surface area contributed by atoms with Crippen LogP contribution in [0.25, 0.3) is 63.0 Å². The number of quaternary nitrogens is 1. The first-order valence-corrected chi connectivity index (χ1v) is 38.7. The number of carboxylic acids is 1. The van der Waals surface area contributed by atoms with E-state index in [1.165, 1.54) is 51.7 Å². The molecule has 27 heteroatoms. The van der Waals surface area contributed by atoms with Crippen LogP contribution in [0.2, 0.25) is 0 Å². The number of halogens is 3. The van der Waals surface area contributed by atoms with E-state index >= 15 is 0 Å². The van der Waals surface area contributed by atoms with E-state index in [4.69, 9.17) is 33.0 Å². The number of ketones is 3. The first-order valence-electron chi connectivity index (χ1n) is 33.6. The number of unbranched alkanes of at least 4 members (excludes halogenated alkanes) is 1. The zero-order valence-corrected chi connectivity index (χ0v) is 68.1. The summed E-state index contributed by atoms with van der Waals surface area (Å²) < 4.78 is 30.4. The Labute approximate surface area is 693 Å². The van der Waals surface area contributed by atoms with Gasteiger partial charge in [-0.25, -0.2) is 19.7 Å². The minimum Gasteiger partial charge on any atom is -1.00 e. The van der Waals surface area contributed by atoms with Crippen molar-refractivity contribution < 1.29 is 94.4 Å². The van der Waals surface area contributed by atoms with Gasteiger partial charge in [0.1, 0.15) is 33.1 Å². The van der Waals surface area contributed by atoms with Crippen LogP contribution in [0.15, 0.2) is 263 Å². The molecule has 13 aromatic rings. The topological polar surface area (TPSA) is 292 Å². The number of aromatic carboxylic acids is 1. The molecule has 8 aromatic heterocycles. The summed E-state index contributed by atoms with van der Waals surface area (Å²) in [6.45, 7) is 9.73. The standard InChI is InChI=1S/C18H18N2OS.C16H15NO2.C15H12N2S.C14H10N2OS.C9H11NO.C6H5NO2.C3H6O3S.CH2Cl2.CH4.ClH.Na/c1-2-3-12-21-16-6-4-14(5-7-16)17-13-20-18(22-17)15-8-10-19-11-9-15;1-12-2-4-13(5-3-12)15(18)6-7-16(19)14-8-10-17-11-9-14;1-11-2-4-12(5-3-11)14-10-17-15(18-14)13-6-8-16-9-7-13;17-12-3-1-10(2-4-12)13-9-16-14(18-13)11-5-7-15-8-6-11;1-7-2-4-8(5-3-7)9(11)6-10;8-6(9)5-1-3-7-4-2-5;4-7(5)3-1-2-6-7;2-1-3;;;/h4-11,13H,2-3,12H2,1H3;2-5,8-11H,6-7H2,1H3;2-10H,1H3;1-9,17H;2-5H,6,10H2,1H3;1-4H,(H,8,9);1-3H2;1H2;1H4;1H;/q;;;;;;;;;;+1. The van der Waals surface area contributed by atoms with Crippen molar-refractivity contribution in [3.8, 4) is 74.5 Å². The van der Waals surface area contributed by atoms with Crippen LogP contribution in [-0.4, -0.2) is 113 Å². The summed E-state index contributed by atoms with van der Waals surface area (Å²) in [5.74, 6) is 0.564. The van der Waals surface area contributed by atoms with Crippen LogP contribution in [0.1, 0.15) is 105 Å². The summed E-state index contributed by atoms with van der Waals surface area (Å²) in [6.07, 6.45) is 25.8. The number of hydrogen-bond donors (Lipinski definition) is 3. The quantitative estimate of drug-likeness (QED) is 0.0236. The number of phenolic OH excluding ortho intramolecular Hbond substituents is 1. The second-order valence-corrected chi connectivity index (χ2v) is 28.7. The minimum atomic E-state index is -3.05. The van der Waals surface area contributed by atoms with Crippen LogP contribution in [0.4, 0.5) is 0 Å². The Balaban J connectivity index is 0.000000274. The van der Waals surface area contributed by atoms with Crippen molar-refractivity contribution in [2.45, 2.75) is 67.2 Å². The Morgan fingerprint density at radius 3 is 1.11 bits per heavy atom. The van der Waals surface area contributed by atoms with Gasteiger partial charge in [-0.3, -0.25) is 43.5 Å². The number of aryl methyl sites for hydroxylation is 3. The van der Waals surface area contributed by atoms with Gasteiger partial charge in [0.2, 0.25) is 5.78 Å². The van der Waals surface area contributed by atoms with Crippen molar-refractivity contribution in [2.75, 3.05) is 30.9 Å². The molecule has 14 rings (SSSR count). The fourth-order valence-electron chi connectivity index (χ4n) is 9.15. The van der Waals surface area contributed by atoms with Gasteiger partial charge >= 0.3 is 35.5 Å². The van der Waals surface area contributed by atoms with Gasteiger partial charge in [0, 0.05) is 127 Å². The molecule has 0 unspecified atom stereocenters. The molecule has 19 nitrogen and oxygen atoms in total. The van der Waals surface area contributed by atoms with Crippen molar-refractivity contribution in [1.29, 1.82) is 0 Å². The number of phenols is 1. The van der Waals surface area contributed by atoms with E-state index < -0.39 is 16.1 Å². The van der Waals surface area contributed by atoms with Crippen molar-refractivity contribution in [3.63, 3.8) is 0 Å². The van der Waals surface area contributed by atoms with Crippen LogP contribution in [-0.2, 0) is 14.3 Å². The summed E-state index contributed by atoms with van der Waals surface area (Å²) >= 11 is 14.5. The number of alkyl halides is 2. The molecule has 110 heavy (non-hydrogen) atoms. The Bertz CT molecular complexity index is 4770. The molecule has 5 aromatic carbocycles. The van der Waals surface area contributed by atoms with Crippen LogP contribution in [0.5, 0.6) is 11.5 Å². The largest absolute Gasteiger partial charge is 1.00 e. The third kappa shape index (κ3) is 33.0. The number of aromatic hydroxyl groups is 1. The van der Waals surface area contributed by atoms with Crippen molar-refractivity contribution >= 4 is 90.6 Å². The molecule has 9 heterocycles. The van der Waals surface area contributed by atoms with Gasteiger partial charge in [-0.15, -0.1) is 57.2 Å². The predicted molar refractivity (Wildman–Crippen MR) is 435 cm³/mol. The van der Waals surface area contributed by atoms with Crippen molar-refractivity contribution in [2.24, 2.45) is 0 Å². The minimum absolute atomic E-state index is 0. The first-order chi connectivity index (χ1) is 51.8. The summed E-state index contributed by atoms with van der Waals surface area (Å²) in [6, 6.07) is 56.9. The number of carbonyl (C=O) groups excluding carboxylic acids is 3. The number of hydrogen-bond acceptors (Lipinski definition) is 20. The summed E-state index contributed by atoms with van der Waals surface area (Å²) in [5.41, 5.74) is 16.1. The number of carbonyl (C=O) groups is 4. The Hall–Kier alpha value is -9.44. The van der Waals surface area contributed by atoms with E-state index in [0.29, 0.717) is 30.7 Å². The third-order valence-electron chi connectivity index (χ3n) is 15.0. The number of rotatable bonds is 18. The number of ether oxygens (including phenoxy) is 1. The number of thiazole rings is 3. The second kappa shape index (κ2) is 51.1.